The van der Waals surface area contributed by atoms with Crippen LogP contribution in [-0.2, 0) is 9.59 Å². The molecule has 1 saturated heterocycles. The number of nitrogens with one attached hydrogen (secondary N) is 1. The van der Waals surface area contributed by atoms with Crippen molar-refractivity contribution >= 4 is 23.3 Å². The summed E-state index contributed by atoms with van der Waals surface area (Å²) >= 11 is 0. The molecule has 4 rings (SSSR count). The van der Waals surface area contributed by atoms with Crippen LogP contribution < -0.4 is 10.2 Å². The second kappa shape index (κ2) is 6.42. The number of nitrogens with zero attached hydrogens (tertiary/aromatic N) is 3. The maximum atomic E-state index is 12.2. The molecule has 1 aromatic heterocycles. The van der Waals surface area contributed by atoms with E-state index in [2.05, 4.69) is 15.2 Å². The summed E-state index contributed by atoms with van der Waals surface area (Å²) < 4.78 is 0. The van der Waals surface area contributed by atoms with E-state index in [0.717, 1.165) is 69.8 Å². The minimum absolute atomic E-state index is 0.105. The third-order valence-corrected chi connectivity index (χ3v) is 5.02. The Balaban J connectivity index is 1.34. The molecule has 1 aromatic rings. The fourth-order valence-corrected chi connectivity index (χ4v) is 3.19. The van der Waals surface area contributed by atoms with Crippen LogP contribution in [0.2, 0.25) is 0 Å². The molecule has 0 radical (unpaired) electrons. The molecular formula is C18H24N4O2. The molecule has 2 heterocycles. The Morgan fingerprint density at radius 1 is 1.00 bits per heavy atom. The Hall–Kier alpha value is -2.11. The van der Waals surface area contributed by atoms with Crippen molar-refractivity contribution in [3.63, 3.8) is 0 Å². The molecule has 128 valence electrons. The smallest absolute Gasteiger partial charge is 0.227 e. The lowest BCUT2D eigenvalue weighted by atomic mass is 10.3. The van der Waals surface area contributed by atoms with Gasteiger partial charge in [0, 0.05) is 38.0 Å². The maximum absolute atomic E-state index is 12.2. The lowest BCUT2D eigenvalue weighted by Crippen LogP contribution is -2.36. The molecule has 0 bridgehead atoms. The molecule has 2 aliphatic carbocycles. The Bertz CT molecular complexity index is 622. The topological polar surface area (TPSA) is 65.5 Å². The van der Waals surface area contributed by atoms with Crippen molar-refractivity contribution in [3.05, 3.63) is 18.3 Å². The van der Waals surface area contributed by atoms with Crippen LogP contribution in [0, 0.1) is 11.8 Å². The minimum atomic E-state index is 0.105. The summed E-state index contributed by atoms with van der Waals surface area (Å²) in [6.07, 6.45) is 6.83. The number of rotatable bonds is 4. The van der Waals surface area contributed by atoms with E-state index in [1.54, 1.807) is 6.20 Å². The second-order valence-corrected chi connectivity index (χ2v) is 7.11. The third kappa shape index (κ3) is 3.52. The highest BCUT2D eigenvalue weighted by atomic mass is 16.2. The predicted molar refractivity (Wildman–Crippen MR) is 91.7 cm³/mol. The fraction of sp³-hybridized carbons (Fsp3) is 0.611. The Morgan fingerprint density at radius 2 is 1.79 bits per heavy atom. The molecule has 6 nitrogen and oxygen atoms in total. The first kappa shape index (κ1) is 15.4. The van der Waals surface area contributed by atoms with Crippen LogP contribution in [0.1, 0.15) is 32.1 Å². The molecule has 3 aliphatic rings. The molecule has 0 unspecified atom stereocenters. The van der Waals surface area contributed by atoms with Gasteiger partial charge in [0.2, 0.25) is 11.8 Å². The van der Waals surface area contributed by atoms with Gasteiger partial charge in [-0.05, 0) is 44.2 Å². The largest absolute Gasteiger partial charge is 0.355 e. The van der Waals surface area contributed by atoms with Gasteiger partial charge in [-0.2, -0.15) is 0 Å². The molecule has 0 atom stereocenters. The van der Waals surface area contributed by atoms with Crippen LogP contribution in [-0.4, -0.2) is 47.9 Å². The summed E-state index contributed by atoms with van der Waals surface area (Å²) in [6.45, 7) is 3.35. The molecular weight excluding hydrogens is 304 g/mol. The van der Waals surface area contributed by atoms with E-state index in [-0.39, 0.29) is 11.8 Å². The average Bonchev–Trinajstić information content (AvgIpc) is 3.48. The van der Waals surface area contributed by atoms with Crippen LogP contribution >= 0.6 is 0 Å². The molecule has 24 heavy (non-hydrogen) atoms. The number of aromatic nitrogens is 1. The first-order chi connectivity index (χ1) is 11.7. The summed E-state index contributed by atoms with van der Waals surface area (Å²) in [5.41, 5.74) is 0.760. The molecule has 3 fully saturated rings. The molecule has 0 spiro atoms. The number of anilines is 2. The van der Waals surface area contributed by atoms with Gasteiger partial charge in [0.15, 0.2) is 0 Å². The van der Waals surface area contributed by atoms with Crippen molar-refractivity contribution in [1.82, 2.24) is 9.88 Å². The van der Waals surface area contributed by atoms with E-state index in [1.165, 1.54) is 0 Å². The highest BCUT2D eigenvalue weighted by Gasteiger charge is 2.34. The lowest BCUT2D eigenvalue weighted by molar-refractivity contribution is -0.132. The number of pyridine rings is 1. The van der Waals surface area contributed by atoms with Crippen LogP contribution in [0.3, 0.4) is 0 Å². The molecule has 0 aromatic carbocycles. The average molecular weight is 328 g/mol. The normalized spacial score (nSPS) is 21.3. The minimum Gasteiger partial charge on any atom is -0.355 e. The Labute approximate surface area is 142 Å². The SMILES string of the molecule is O=C(Nc1ccc(N2CCCN(C(=O)C3CC3)CC2)nc1)C1CC1. The number of carbonyl (C=O) groups is 2. The lowest BCUT2D eigenvalue weighted by Gasteiger charge is -2.23. The summed E-state index contributed by atoms with van der Waals surface area (Å²) in [5, 5.41) is 2.91. The van der Waals surface area contributed by atoms with Crippen LogP contribution in [0.5, 0.6) is 0 Å². The summed E-state index contributed by atoms with van der Waals surface area (Å²) in [7, 11) is 0. The monoisotopic (exact) mass is 328 g/mol. The van der Waals surface area contributed by atoms with Crippen molar-refractivity contribution in [1.29, 1.82) is 0 Å². The highest BCUT2D eigenvalue weighted by Crippen LogP contribution is 2.32. The van der Waals surface area contributed by atoms with Crippen molar-refractivity contribution in [3.8, 4) is 0 Å². The number of hydrogen-bond acceptors (Lipinski definition) is 4. The van der Waals surface area contributed by atoms with Gasteiger partial charge in [0.25, 0.3) is 0 Å². The zero-order valence-electron chi connectivity index (χ0n) is 13.9. The maximum Gasteiger partial charge on any atom is 0.227 e. The quantitative estimate of drug-likeness (QED) is 0.916. The van der Waals surface area contributed by atoms with Gasteiger partial charge in [0.1, 0.15) is 5.82 Å². The Morgan fingerprint density at radius 3 is 2.46 bits per heavy atom. The van der Waals surface area contributed by atoms with Crippen molar-refractivity contribution in [2.75, 3.05) is 36.4 Å². The molecule has 2 saturated carbocycles. The Kier molecular flexibility index (Phi) is 4.12. The summed E-state index contributed by atoms with van der Waals surface area (Å²) in [4.78, 5) is 32.7. The first-order valence-corrected chi connectivity index (χ1v) is 9.01. The van der Waals surface area contributed by atoms with Crippen molar-refractivity contribution < 1.29 is 9.59 Å². The van der Waals surface area contributed by atoms with Crippen LogP contribution in [0.4, 0.5) is 11.5 Å². The van der Waals surface area contributed by atoms with Gasteiger partial charge in [-0.1, -0.05) is 0 Å². The van der Waals surface area contributed by atoms with Gasteiger partial charge in [-0.15, -0.1) is 0 Å². The molecule has 6 heteroatoms. The van der Waals surface area contributed by atoms with Crippen LogP contribution in [0.15, 0.2) is 18.3 Å². The van der Waals surface area contributed by atoms with Gasteiger partial charge in [0.05, 0.1) is 11.9 Å². The number of amides is 2. The highest BCUT2D eigenvalue weighted by molar-refractivity contribution is 5.93. The number of hydrogen-bond donors (Lipinski definition) is 1. The van der Waals surface area contributed by atoms with Crippen LogP contribution in [0.25, 0.3) is 0 Å². The van der Waals surface area contributed by atoms with E-state index in [9.17, 15) is 9.59 Å². The van der Waals surface area contributed by atoms with E-state index in [1.807, 2.05) is 17.0 Å². The zero-order chi connectivity index (χ0) is 16.5. The van der Waals surface area contributed by atoms with E-state index in [4.69, 9.17) is 0 Å². The van der Waals surface area contributed by atoms with Crippen molar-refractivity contribution in [2.45, 2.75) is 32.1 Å². The molecule has 1 N–H and O–H groups in total. The van der Waals surface area contributed by atoms with Gasteiger partial charge < -0.3 is 15.1 Å². The van der Waals surface area contributed by atoms with Crippen molar-refractivity contribution in [2.24, 2.45) is 11.8 Å². The number of carbonyl (C=O) groups excluding carboxylic acids is 2. The van der Waals surface area contributed by atoms with E-state index in [0.29, 0.717) is 11.8 Å². The molecule has 1 aliphatic heterocycles. The van der Waals surface area contributed by atoms with Gasteiger partial charge in [-0.3, -0.25) is 9.59 Å². The predicted octanol–water partition coefficient (Wildman–Crippen LogP) is 1.88. The second-order valence-electron chi connectivity index (χ2n) is 7.11. The van der Waals surface area contributed by atoms with Gasteiger partial charge >= 0.3 is 0 Å². The first-order valence-electron chi connectivity index (χ1n) is 9.01. The standard InChI is InChI=1S/C18H24N4O2/c23-17(13-2-3-13)20-15-6-7-16(19-12-15)21-8-1-9-22(11-10-21)18(24)14-4-5-14/h6-7,12-14H,1-5,8-11H2,(H,20,23). The summed E-state index contributed by atoms with van der Waals surface area (Å²) in [5.74, 6) is 1.85. The van der Waals surface area contributed by atoms with E-state index < -0.39 is 0 Å². The zero-order valence-corrected chi connectivity index (χ0v) is 13.9. The third-order valence-electron chi connectivity index (χ3n) is 5.02. The molecule has 2 amide bonds. The summed E-state index contributed by atoms with van der Waals surface area (Å²) in [6, 6.07) is 3.88. The van der Waals surface area contributed by atoms with E-state index >= 15 is 0 Å². The van der Waals surface area contributed by atoms with Gasteiger partial charge in [-0.25, -0.2) is 4.98 Å². The fourth-order valence-electron chi connectivity index (χ4n) is 3.19.